The lowest BCUT2D eigenvalue weighted by Gasteiger charge is -2.30. The first-order valence-electron chi connectivity index (χ1n) is 7.07. The number of amides is 1. The zero-order chi connectivity index (χ0) is 14.8. The molecule has 0 aromatic heterocycles. The van der Waals surface area contributed by atoms with E-state index in [1.807, 2.05) is 47.4 Å². The first kappa shape index (κ1) is 14.0. The molecular weight excluding hydrogens is 284 g/mol. The van der Waals surface area contributed by atoms with Gasteiger partial charge < -0.3 is 10.6 Å². The Balaban J connectivity index is 1.85. The number of carbonyl (C=O) groups excluding carboxylic acids is 1. The van der Waals surface area contributed by atoms with Crippen molar-refractivity contribution in [2.45, 2.75) is 19.3 Å². The summed E-state index contributed by atoms with van der Waals surface area (Å²) in [5.41, 5.74) is 9.63. The quantitative estimate of drug-likeness (QED) is 0.864. The minimum atomic E-state index is 0.0869. The Morgan fingerprint density at radius 3 is 2.90 bits per heavy atom. The molecule has 3 nitrogen and oxygen atoms in total. The number of nitrogens with two attached hydrogens (primary N) is 1. The van der Waals surface area contributed by atoms with Crippen LogP contribution in [0.3, 0.4) is 0 Å². The molecule has 1 aliphatic heterocycles. The summed E-state index contributed by atoms with van der Waals surface area (Å²) in [6, 6.07) is 13.2. The number of carbonyl (C=O) groups is 1. The van der Waals surface area contributed by atoms with Gasteiger partial charge in [-0.25, -0.2) is 0 Å². The zero-order valence-corrected chi connectivity index (χ0v) is 12.4. The molecule has 0 spiro atoms. The average Bonchev–Trinajstić information content (AvgIpc) is 2.46. The number of aryl methyl sites for hydroxylation is 1. The van der Waals surface area contributed by atoms with Crippen LogP contribution in [0.15, 0.2) is 42.5 Å². The number of nitrogens with zero attached hydrogens (tertiary/aromatic N) is 1. The van der Waals surface area contributed by atoms with Crippen LogP contribution < -0.4 is 10.6 Å². The maximum absolute atomic E-state index is 12.6. The van der Waals surface area contributed by atoms with Crippen molar-refractivity contribution in [3.63, 3.8) is 0 Å². The SMILES string of the molecule is Nc1ccc2c(c1)N(C(=O)Cc1cccc(Cl)c1)CCC2. The van der Waals surface area contributed by atoms with E-state index in [1.165, 1.54) is 5.56 Å². The Morgan fingerprint density at radius 1 is 1.24 bits per heavy atom. The molecule has 1 aliphatic rings. The number of fused-ring (bicyclic) bond motifs is 1. The Hall–Kier alpha value is -2.00. The summed E-state index contributed by atoms with van der Waals surface area (Å²) >= 11 is 5.97. The number of nitrogen functional groups attached to an aromatic ring is 1. The van der Waals surface area contributed by atoms with Gasteiger partial charge in [-0.1, -0.05) is 29.8 Å². The average molecular weight is 301 g/mol. The highest BCUT2D eigenvalue weighted by Gasteiger charge is 2.22. The molecule has 108 valence electrons. The summed E-state index contributed by atoms with van der Waals surface area (Å²) in [5.74, 6) is 0.0869. The maximum atomic E-state index is 12.6. The van der Waals surface area contributed by atoms with Crippen LogP contribution in [0.1, 0.15) is 17.5 Å². The van der Waals surface area contributed by atoms with Crippen molar-refractivity contribution in [3.8, 4) is 0 Å². The van der Waals surface area contributed by atoms with Gasteiger partial charge in [-0.2, -0.15) is 0 Å². The van der Waals surface area contributed by atoms with Gasteiger partial charge in [-0.15, -0.1) is 0 Å². The van der Waals surface area contributed by atoms with Crippen LogP contribution in [-0.2, 0) is 17.6 Å². The summed E-state index contributed by atoms with van der Waals surface area (Å²) in [4.78, 5) is 14.4. The second kappa shape index (κ2) is 5.78. The predicted octanol–water partition coefficient (Wildman–Crippen LogP) is 3.44. The van der Waals surface area contributed by atoms with Gasteiger partial charge >= 0.3 is 0 Å². The van der Waals surface area contributed by atoms with Gasteiger partial charge in [0, 0.05) is 22.9 Å². The van der Waals surface area contributed by atoms with E-state index in [0.717, 1.165) is 30.6 Å². The summed E-state index contributed by atoms with van der Waals surface area (Å²) in [5, 5.41) is 0.656. The molecule has 1 amide bonds. The molecule has 2 aromatic carbocycles. The molecule has 4 heteroatoms. The first-order valence-corrected chi connectivity index (χ1v) is 7.44. The minimum absolute atomic E-state index is 0.0869. The molecule has 0 bridgehead atoms. The molecule has 0 saturated heterocycles. The van der Waals surface area contributed by atoms with Crippen molar-refractivity contribution in [3.05, 3.63) is 58.6 Å². The molecule has 0 unspecified atom stereocenters. The number of anilines is 2. The molecule has 2 N–H and O–H groups in total. The van der Waals surface area contributed by atoms with Gasteiger partial charge in [0.1, 0.15) is 0 Å². The third-order valence-corrected chi connectivity index (χ3v) is 4.01. The van der Waals surface area contributed by atoms with Gasteiger partial charge in [-0.05, 0) is 48.2 Å². The molecule has 1 heterocycles. The van der Waals surface area contributed by atoms with E-state index in [4.69, 9.17) is 17.3 Å². The van der Waals surface area contributed by atoms with Gasteiger partial charge in [-0.3, -0.25) is 4.79 Å². The van der Waals surface area contributed by atoms with Crippen molar-refractivity contribution >= 4 is 28.9 Å². The Morgan fingerprint density at radius 2 is 2.10 bits per heavy atom. The molecule has 0 fully saturated rings. The number of halogens is 1. The standard InChI is InChI=1S/C17H17ClN2O/c18-14-5-1-3-12(9-14)10-17(21)20-8-2-4-13-6-7-15(19)11-16(13)20/h1,3,5-7,9,11H,2,4,8,10,19H2. The molecule has 2 aromatic rings. The van der Waals surface area contributed by atoms with Crippen LogP contribution in [0.25, 0.3) is 0 Å². The summed E-state index contributed by atoms with van der Waals surface area (Å²) in [7, 11) is 0. The molecule has 0 aliphatic carbocycles. The van der Waals surface area contributed by atoms with E-state index in [-0.39, 0.29) is 5.91 Å². The number of benzene rings is 2. The smallest absolute Gasteiger partial charge is 0.231 e. The Labute approximate surface area is 129 Å². The van der Waals surface area contributed by atoms with Crippen molar-refractivity contribution in [2.24, 2.45) is 0 Å². The fourth-order valence-corrected chi connectivity index (χ4v) is 2.98. The monoisotopic (exact) mass is 300 g/mol. The van der Waals surface area contributed by atoms with Crippen molar-refractivity contribution in [1.29, 1.82) is 0 Å². The third-order valence-electron chi connectivity index (χ3n) is 3.77. The molecule has 0 saturated carbocycles. The van der Waals surface area contributed by atoms with E-state index in [9.17, 15) is 4.79 Å². The minimum Gasteiger partial charge on any atom is -0.399 e. The maximum Gasteiger partial charge on any atom is 0.231 e. The highest BCUT2D eigenvalue weighted by molar-refractivity contribution is 6.30. The topological polar surface area (TPSA) is 46.3 Å². The predicted molar refractivity (Wildman–Crippen MR) is 86.7 cm³/mol. The summed E-state index contributed by atoms with van der Waals surface area (Å²) in [6.45, 7) is 0.746. The number of rotatable bonds is 2. The summed E-state index contributed by atoms with van der Waals surface area (Å²) in [6.07, 6.45) is 2.34. The fourth-order valence-electron chi connectivity index (χ4n) is 2.77. The van der Waals surface area contributed by atoms with E-state index in [1.54, 1.807) is 0 Å². The lowest BCUT2D eigenvalue weighted by atomic mass is 10.00. The number of hydrogen-bond acceptors (Lipinski definition) is 2. The van der Waals surface area contributed by atoms with E-state index >= 15 is 0 Å². The van der Waals surface area contributed by atoms with Crippen LogP contribution in [0.5, 0.6) is 0 Å². The molecular formula is C17H17ClN2O. The molecule has 21 heavy (non-hydrogen) atoms. The van der Waals surface area contributed by atoms with Crippen LogP contribution in [0.2, 0.25) is 5.02 Å². The Bertz CT molecular complexity index is 684. The highest BCUT2D eigenvalue weighted by Crippen LogP contribution is 2.29. The lowest BCUT2D eigenvalue weighted by Crippen LogP contribution is -2.36. The summed E-state index contributed by atoms with van der Waals surface area (Å²) < 4.78 is 0. The number of hydrogen-bond donors (Lipinski definition) is 1. The van der Waals surface area contributed by atoms with Crippen LogP contribution in [-0.4, -0.2) is 12.5 Å². The van der Waals surface area contributed by atoms with E-state index < -0.39 is 0 Å². The van der Waals surface area contributed by atoms with Crippen LogP contribution in [0.4, 0.5) is 11.4 Å². The third kappa shape index (κ3) is 3.03. The molecule has 0 radical (unpaired) electrons. The van der Waals surface area contributed by atoms with Crippen LogP contribution >= 0.6 is 11.6 Å². The lowest BCUT2D eigenvalue weighted by molar-refractivity contribution is -0.118. The fraction of sp³-hybridized carbons (Fsp3) is 0.235. The van der Waals surface area contributed by atoms with Gasteiger partial charge in [0.15, 0.2) is 0 Å². The van der Waals surface area contributed by atoms with Crippen LogP contribution in [0, 0.1) is 0 Å². The van der Waals surface area contributed by atoms with Gasteiger partial charge in [0.2, 0.25) is 5.91 Å². The molecule has 3 rings (SSSR count). The normalized spacial score (nSPS) is 13.9. The van der Waals surface area contributed by atoms with Crippen molar-refractivity contribution in [1.82, 2.24) is 0 Å². The van der Waals surface area contributed by atoms with Gasteiger partial charge in [0.05, 0.1) is 6.42 Å². The van der Waals surface area contributed by atoms with Crippen molar-refractivity contribution < 1.29 is 4.79 Å². The highest BCUT2D eigenvalue weighted by atomic mass is 35.5. The van der Waals surface area contributed by atoms with E-state index in [0.29, 0.717) is 17.1 Å². The van der Waals surface area contributed by atoms with Gasteiger partial charge in [0.25, 0.3) is 0 Å². The largest absolute Gasteiger partial charge is 0.399 e. The van der Waals surface area contributed by atoms with E-state index in [2.05, 4.69) is 0 Å². The first-order chi connectivity index (χ1) is 10.1. The Kier molecular flexibility index (Phi) is 3.84. The molecule has 0 atom stereocenters. The second-order valence-corrected chi connectivity index (χ2v) is 5.78. The second-order valence-electron chi connectivity index (χ2n) is 5.34. The van der Waals surface area contributed by atoms with Crippen molar-refractivity contribution in [2.75, 3.05) is 17.2 Å². The zero-order valence-electron chi connectivity index (χ0n) is 11.7.